The Hall–Kier alpha value is -1.10. The Labute approximate surface area is 133 Å². The summed E-state index contributed by atoms with van der Waals surface area (Å²) in [6.07, 6.45) is 5.86. The molecule has 5 nitrogen and oxygen atoms in total. The van der Waals surface area contributed by atoms with E-state index in [-0.39, 0.29) is 11.3 Å². The lowest BCUT2D eigenvalue weighted by Gasteiger charge is -2.39. The molecule has 1 saturated carbocycles. The predicted octanol–water partition coefficient (Wildman–Crippen LogP) is 1.66. The molecule has 2 heterocycles. The molecule has 124 valence electrons. The maximum Gasteiger partial charge on any atom is 0.230 e. The Balaban J connectivity index is 1.56. The summed E-state index contributed by atoms with van der Waals surface area (Å²) in [4.78, 5) is 29.1. The van der Waals surface area contributed by atoms with Gasteiger partial charge < -0.3 is 14.5 Å². The number of likely N-dealkylation sites (tertiary alicyclic amines) is 2. The number of carbonyl (C=O) groups excluding carboxylic acids is 2. The van der Waals surface area contributed by atoms with E-state index in [2.05, 4.69) is 4.90 Å². The molecule has 2 aliphatic heterocycles. The van der Waals surface area contributed by atoms with E-state index >= 15 is 0 Å². The van der Waals surface area contributed by atoms with Crippen LogP contribution in [0.3, 0.4) is 0 Å². The topological polar surface area (TPSA) is 49.9 Å². The van der Waals surface area contributed by atoms with Crippen LogP contribution in [0, 0.1) is 11.3 Å². The van der Waals surface area contributed by atoms with Crippen molar-refractivity contribution in [2.75, 3.05) is 39.4 Å². The van der Waals surface area contributed by atoms with Crippen LogP contribution in [0.25, 0.3) is 0 Å². The van der Waals surface area contributed by atoms with Crippen molar-refractivity contribution in [1.29, 1.82) is 0 Å². The fraction of sp³-hybridized carbons (Fsp3) is 0.882. The molecule has 1 unspecified atom stereocenters. The first-order valence-electron chi connectivity index (χ1n) is 8.79. The Morgan fingerprint density at radius 3 is 2.86 bits per heavy atom. The smallest absolute Gasteiger partial charge is 0.230 e. The van der Waals surface area contributed by atoms with Gasteiger partial charge in [0, 0.05) is 32.8 Å². The standard InChI is InChI=1S/C17H28N2O3/c1-2-22-11-6-15(20)19-10-8-17(13-19)7-3-9-18(16(17)21)12-14-4-5-14/h14H,2-13H2,1H3. The average Bonchev–Trinajstić information content (AvgIpc) is 3.22. The molecule has 0 N–H and O–H groups in total. The number of amides is 2. The second kappa shape index (κ2) is 6.57. The number of rotatable bonds is 6. The zero-order valence-electron chi connectivity index (χ0n) is 13.7. The van der Waals surface area contributed by atoms with E-state index in [9.17, 15) is 9.59 Å². The quantitative estimate of drug-likeness (QED) is 0.701. The van der Waals surface area contributed by atoms with Crippen molar-refractivity contribution in [3.05, 3.63) is 0 Å². The molecule has 2 saturated heterocycles. The molecule has 5 heteroatoms. The Morgan fingerprint density at radius 1 is 1.32 bits per heavy atom. The number of piperidine rings is 1. The van der Waals surface area contributed by atoms with E-state index in [0.29, 0.717) is 32.1 Å². The van der Waals surface area contributed by atoms with Crippen LogP contribution in [-0.2, 0) is 14.3 Å². The first kappa shape index (κ1) is 15.8. The van der Waals surface area contributed by atoms with Crippen LogP contribution in [0.1, 0.15) is 45.4 Å². The Bertz CT molecular complexity index is 436. The van der Waals surface area contributed by atoms with Gasteiger partial charge in [0.2, 0.25) is 11.8 Å². The summed E-state index contributed by atoms with van der Waals surface area (Å²) in [5.74, 6) is 1.19. The molecule has 0 aromatic heterocycles. The molecule has 22 heavy (non-hydrogen) atoms. The van der Waals surface area contributed by atoms with E-state index in [1.165, 1.54) is 12.8 Å². The van der Waals surface area contributed by atoms with Gasteiger partial charge in [-0.2, -0.15) is 0 Å². The van der Waals surface area contributed by atoms with Gasteiger partial charge in [-0.25, -0.2) is 0 Å². The van der Waals surface area contributed by atoms with Gasteiger partial charge in [-0.15, -0.1) is 0 Å². The van der Waals surface area contributed by atoms with Crippen LogP contribution in [0.5, 0.6) is 0 Å². The van der Waals surface area contributed by atoms with Crippen molar-refractivity contribution in [3.63, 3.8) is 0 Å². The van der Waals surface area contributed by atoms with Crippen molar-refractivity contribution >= 4 is 11.8 Å². The molecular formula is C17H28N2O3. The summed E-state index contributed by atoms with van der Waals surface area (Å²) < 4.78 is 5.27. The maximum atomic E-state index is 12.9. The normalized spacial score (nSPS) is 28.7. The summed E-state index contributed by atoms with van der Waals surface area (Å²) >= 11 is 0. The van der Waals surface area contributed by atoms with Crippen molar-refractivity contribution in [2.45, 2.75) is 45.4 Å². The average molecular weight is 308 g/mol. The summed E-state index contributed by atoms with van der Waals surface area (Å²) in [5.41, 5.74) is -0.283. The fourth-order valence-corrected chi connectivity index (χ4v) is 3.86. The molecule has 3 fully saturated rings. The van der Waals surface area contributed by atoms with E-state index in [0.717, 1.165) is 44.8 Å². The van der Waals surface area contributed by atoms with E-state index < -0.39 is 0 Å². The summed E-state index contributed by atoms with van der Waals surface area (Å²) in [6.45, 7) is 6.27. The molecule has 0 aromatic carbocycles. The highest BCUT2D eigenvalue weighted by atomic mass is 16.5. The van der Waals surface area contributed by atoms with E-state index in [1.54, 1.807) is 0 Å². The lowest BCUT2D eigenvalue weighted by atomic mass is 9.78. The minimum Gasteiger partial charge on any atom is -0.381 e. The Kier molecular flexibility index (Phi) is 4.71. The third-order valence-corrected chi connectivity index (χ3v) is 5.37. The van der Waals surface area contributed by atoms with Crippen LogP contribution in [0.15, 0.2) is 0 Å². The summed E-state index contributed by atoms with van der Waals surface area (Å²) in [6, 6.07) is 0. The van der Waals surface area contributed by atoms with Crippen molar-refractivity contribution in [3.8, 4) is 0 Å². The molecule has 2 amide bonds. The lowest BCUT2D eigenvalue weighted by Crippen LogP contribution is -2.51. The molecule has 1 atom stereocenters. The third-order valence-electron chi connectivity index (χ3n) is 5.37. The van der Waals surface area contributed by atoms with E-state index in [4.69, 9.17) is 4.74 Å². The molecule has 1 aliphatic carbocycles. The second-order valence-electron chi connectivity index (χ2n) is 7.09. The SMILES string of the molecule is CCOCCC(=O)N1CCC2(CCCN(CC3CC3)C2=O)C1. The third kappa shape index (κ3) is 3.29. The minimum absolute atomic E-state index is 0.137. The number of hydrogen-bond acceptors (Lipinski definition) is 3. The largest absolute Gasteiger partial charge is 0.381 e. The maximum absolute atomic E-state index is 12.9. The van der Waals surface area contributed by atoms with Gasteiger partial charge in [0.05, 0.1) is 18.4 Å². The van der Waals surface area contributed by atoms with E-state index in [1.807, 2.05) is 11.8 Å². The number of ether oxygens (including phenoxy) is 1. The van der Waals surface area contributed by atoms with Gasteiger partial charge in [-0.1, -0.05) is 0 Å². The van der Waals surface area contributed by atoms with Gasteiger partial charge >= 0.3 is 0 Å². The highest BCUT2D eigenvalue weighted by Gasteiger charge is 2.49. The molecule has 3 aliphatic rings. The second-order valence-corrected chi connectivity index (χ2v) is 7.09. The van der Waals surface area contributed by atoms with Crippen LogP contribution in [-0.4, -0.2) is 61.0 Å². The molecular weight excluding hydrogens is 280 g/mol. The molecule has 0 aromatic rings. The van der Waals surface area contributed by atoms with Crippen molar-refractivity contribution < 1.29 is 14.3 Å². The monoisotopic (exact) mass is 308 g/mol. The molecule has 3 rings (SSSR count). The molecule has 1 spiro atoms. The van der Waals surface area contributed by atoms with Crippen molar-refractivity contribution in [2.24, 2.45) is 11.3 Å². The first-order chi connectivity index (χ1) is 10.6. The number of nitrogens with zero attached hydrogens (tertiary/aromatic N) is 2. The van der Waals surface area contributed by atoms with Gasteiger partial charge in [0.25, 0.3) is 0 Å². The minimum atomic E-state index is -0.283. The number of carbonyl (C=O) groups is 2. The zero-order chi connectivity index (χ0) is 15.6. The summed E-state index contributed by atoms with van der Waals surface area (Å²) in [7, 11) is 0. The van der Waals surface area contributed by atoms with Crippen LogP contribution < -0.4 is 0 Å². The predicted molar refractivity (Wildman–Crippen MR) is 83.3 cm³/mol. The molecule has 0 bridgehead atoms. The first-order valence-corrected chi connectivity index (χ1v) is 8.79. The van der Waals surface area contributed by atoms with Crippen LogP contribution >= 0.6 is 0 Å². The van der Waals surface area contributed by atoms with Crippen LogP contribution in [0.2, 0.25) is 0 Å². The number of hydrogen-bond donors (Lipinski definition) is 0. The van der Waals surface area contributed by atoms with Gasteiger partial charge in [0.1, 0.15) is 0 Å². The van der Waals surface area contributed by atoms with Crippen molar-refractivity contribution in [1.82, 2.24) is 9.80 Å². The summed E-state index contributed by atoms with van der Waals surface area (Å²) in [5, 5.41) is 0. The van der Waals surface area contributed by atoms with Crippen LogP contribution in [0.4, 0.5) is 0 Å². The fourth-order valence-electron chi connectivity index (χ4n) is 3.86. The Morgan fingerprint density at radius 2 is 2.14 bits per heavy atom. The lowest BCUT2D eigenvalue weighted by molar-refractivity contribution is -0.146. The van der Waals surface area contributed by atoms with Gasteiger partial charge in [-0.3, -0.25) is 9.59 Å². The highest BCUT2D eigenvalue weighted by molar-refractivity contribution is 5.86. The van der Waals surface area contributed by atoms with Gasteiger partial charge in [-0.05, 0) is 44.9 Å². The zero-order valence-corrected chi connectivity index (χ0v) is 13.7. The van der Waals surface area contributed by atoms with Gasteiger partial charge in [0.15, 0.2) is 0 Å². The highest BCUT2D eigenvalue weighted by Crippen LogP contribution is 2.41. The molecule has 0 radical (unpaired) electrons.